The van der Waals surface area contributed by atoms with Crippen LogP contribution < -0.4 is 0 Å². The maximum atomic E-state index is 5.10. The van der Waals surface area contributed by atoms with Crippen molar-refractivity contribution in [2.24, 2.45) is 0 Å². The van der Waals surface area contributed by atoms with Crippen molar-refractivity contribution in [1.82, 2.24) is 4.98 Å². The van der Waals surface area contributed by atoms with Crippen LogP contribution in [0.2, 0.25) is 0 Å². The van der Waals surface area contributed by atoms with Crippen LogP contribution in [0.3, 0.4) is 0 Å². The summed E-state index contributed by atoms with van der Waals surface area (Å²) in [5, 5.41) is 0. The smallest absolute Gasteiger partial charge is 0.0789 e. The number of aromatic nitrogens is 1. The van der Waals surface area contributed by atoms with Crippen LogP contribution in [-0.2, 0) is 0 Å². The molecule has 1 nitrogen and oxygen atoms in total. The zero-order valence-electron chi connectivity index (χ0n) is 15.8. The third-order valence-corrected chi connectivity index (χ3v) is 4.83. The Balaban J connectivity index is 2.09. The second kappa shape index (κ2) is 7.59. The van der Waals surface area contributed by atoms with Crippen molar-refractivity contribution in [3.05, 3.63) is 103 Å². The van der Waals surface area contributed by atoms with E-state index in [9.17, 15) is 0 Å². The van der Waals surface area contributed by atoms with Gasteiger partial charge in [-0.15, -0.1) is 0 Å². The van der Waals surface area contributed by atoms with E-state index in [4.69, 9.17) is 4.98 Å². The average molecular weight is 349 g/mol. The van der Waals surface area contributed by atoms with E-state index < -0.39 is 0 Å². The van der Waals surface area contributed by atoms with Gasteiger partial charge in [-0.3, -0.25) is 4.98 Å². The first-order valence-electron chi connectivity index (χ1n) is 9.45. The minimum Gasteiger partial charge on any atom is -0.252 e. The van der Waals surface area contributed by atoms with Crippen LogP contribution >= 0.6 is 0 Å². The first-order valence-corrected chi connectivity index (χ1v) is 9.45. The second-order valence-electron chi connectivity index (χ2n) is 7.07. The topological polar surface area (TPSA) is 12.9 Å². The van der Waals surface area contributed by atoms with Gasteiger partial charge in [-0.05, 0) is 28.7 Å². The Bertz CT molecular complexity index is 959. The SMILES string of the molecule is CC(C)c1cc(-c2ccccc2)c(-c2ccccc2)c(-c2ccccc2)n1. The third-order valence-electron chi connectivity index (χ3n) is 4.83. The van der Waals surface area contributed by atoms with E-state index in [1.807, 2.05) is 0 Å². The summed E-state index contributed by atoms with van der Waals surface area (Å²) in [6, 6.07) is 34.0. The van der Waals surface area contributed by atoms with E-state index in [1.165, 1.54) is 22.3 Å². The molecule has 0 aliphatic heterocycles. The fourth-order valence-electron chi connectivity index (χ4n) is 3.41. The molecule has 0 spiro atoms. The highest BCUT2D eigenvalue weighted by molar-refractivity contribution is 5.93. The normalized spacial score (nSPS) is 10.9. The van der Waals surface area contributed by atoms with Gasteiger partial charge in [0.05, 0.1) is 5.69 Å². The summed E-state index contributed by atoms with van der Waals surface area (Å²) in [5.74, 6) is 0.361. The van der Waals surface area contributed by atoms with Crippen molar-refractivity contribution in [3.63, 3.8) is 0 Å². The number of hydrogen-bond donors (Lipinski definition) is 0. The van der Waals surface area contributed by atoms with Crippen molar-refractivity contribution in [2.75, 3.05) is 0 Å². The molecule has 0 saturated heterocycles. The van der Waals surface area contributed by atoms with Crippen molar-refractivity contribution >= 4 is 0 Å². The zero-order valence-corrected chi connectivity index (χ0v) is 15.8. The molecule has 27 heavy (non-hydrogen) atoms. The van der Waals surface area contributed by atoms with Gasteiger partial charge < -0.3 is 0 Å². The highest BCUT2D eigenvalue weighted by Gasteiger charge is 2.18. The van der Waals surface area contributed by atoms with Gasteiger partial charge in [0.25, 0.3) is 0 Å². The molecule has 0 aliphatic rings. The van der Waals surface area contributed by atoms with Crippen molar-refractivity contribution in [2.45, 2.75) is 19.8 Å². The van der Waals surface area contributed by atoms with E-state index >= 15 is 0 Å². The minimum atomic E-state index is 0.361. The molecule has 0 atom stereocenters. The molecule has 0 bridgehead atoms. The quantitative estimate of drug-likeness (QED) is 0.379. The van der Waals surface area contributed by atoms with Crippen LogP contribution in [-0.4, -0.2) is 4.98 Å². The predicted octanol–water partition coefficient (Wildman–Crippen LogP) is 7.21. The lowest BCUT2D eigenvalue weighted by Crippen LogP contribution is -2.00. The van der Waals surface area contributed by atoms with Crippen LogP contribution in [0.1, 0.15) is 25.5 Å². The second-order valence-corrected chi connectivity index (χ2v) is 7.07. The molecule has 0 unspecified atom stereocenters. The molecule has 1 heterocycles. The van der Waals surface area contributed by atoms with Gasteiger partial charge in [0.2, 0.25) is 0 Å². The molecular weight excluding hydrogens is 326 g/mol. The Labute approximate surface area is 161 Å². The molecule has 0 radical (unpaired) electrons. The number of nitrogens with zero attached hydrogens (tertiary/aromatic N) is 1. The average Bonchev–Trinajstić information content (AvgIpc) is 2.74. The molecule has 4 aromatic rings. The summed E-state index contributed by atoms with van der Waals surface area (Å²) in [5.41, 5.74) is 8.16. The molecule has 0 saturated carbocycles. The van der Waals surface area contributed by atoms with Gasteiger partial charge in [0.1, 0.15) is 0 Å². The first kappa shape index (κ1) is 17.2. The van der Waals surface area contributed by atoms with Crippen LogP contribution in [0.4, 0.5) is 0 Å². The number of pyridine rings is 1. The van der Waals surface area contributed by atoms with E-state index in [-0.39, 0.29) is 0 Å². The molecule has 0 amide bonds. The number of rotatable bonds is 4. The van der Waals surface area contributed by atoms with Crippen molar-refractivity contribution in [1.29, 1.82) is 0 Å². The Hall–Kier alpha value is -3.19. The van der Waals surface area contributed by atoms with E-state index in [2.05, 4.69) is 111 Å². The Morgan fingerprint density at radius 2 is 1.07 bits per heavy atom. The molecule has 0 fully saturated rings. The summed E-state index contributed by atoms with van der Waals surface area (Å²) >= 11 is 0. The van der Waals surface area contributed by atoms with Gasteiger partial charge in [-0.2, -0.15) is 0 Å². The standard InChI is InChI=1S/C26H23N/c1-19(2)24-18-23(20-12-6-3-7-13-20)25(21-14-8-4-9-15-21)26(27-24)22-16-10-5-11-17-22/h3-19H,1-2H3. The Kier molecular flexibility index (Phi) is 4.84. The van der Waals surface area contributed by atoms with E-state index in [0.717, 1.165) is 17.0 Å². The largest absolute Gasteiger partial charge is 0.252 e. The molecular formula is C26H23N. The van der Waals surface area contributed by atoms with Crippen LogP contribution in [0.15, 0.2) is 97.1 Å². The molecule has 1 heteroatoms. The highest BCUT2D eigenvalue weighted by Crippen LogP contribution is 2.40. The zero-order chi connectivity index (χ0) is 18.6. The van der Waals surface area contributed by atoms with Gasteiger partial charge in [0.15, 0.2) is 0 Å². The monoisotopic (exact) mass is 349 g/mol. The Morgan fingerprint density at radius 3 is 1.59 bits per heavy atom. The maximum absolute atomic E-state index is 5.10. The molecule has 132 valence electrons. The summed E-state index contributed by atoms with van der Waals surface area (Å²) < 4.78 is 0. The highest BCUT2D eigenvalue weighted by atomic mass is 14.7. The van der Waals surface area contributed by atoms with Gasteiger partial charge >= 0.3 is 0 Å². The van der Waals surface area contributed by atoms with Crippen molar-refractivity contribution in [3.8, 4) is 33.5 Å². The minimum absolute atomic E-state index is 0.361. The van der Waals surface area contributed by atoms with Crippen LogP contribution in [0.25, 0.3) is 33.5 Å². The van der Waals surface area contributed by atoms with E-state index in [0.29, 0.717) is 5.92 Å². The van der Waals surface area contributed by atoms with Gasteiger partial charge in [-0.25, -0.2) is 0 Å². The summed E-state index contributed by atoms with van der Waals surface area (Å²) in [6.45, 7) is 4.40. The van der Waals surface area contributed by atoms with E-state index in [1.54, 1.807) is 0 Å². The molecule has 0 aliphatic carbocycles. The lowest BCUT2D eigenvalue weighted by atomic mass is 9.89. The lowest BCUT2D eigenvalue weighted by molar-refractivity contribution is 0.825. The summed E-state index contributed by atoms with van der Waals surface area (Å²) in [4.78, 5) is 5.10. The molecule has 4 rings (SSSR count). The Morgan fingerprint density at radius 1 is 0.593 bits per heavy atom. The molecule has 3 aromatic carbocycles. The number of hydrogen-bond acceptors (Lipinski definition) is 1. The maximum Gasteiger partial charge on any atom is 0.0789 e. The summed E-state index contributed by atoms with van der Waals surface area (Å²) in [7, 11) is 0. The first-order chi connectivity index (χ1) is 13.2. The molecule has 1 aromatic heterocycles. The van der Waals surface area contributed by atoms with Gasteiger partial charge in [0, 0.05) is 16.8 Å². The number of benzene rings is 3. The predicted molar refractivity (Wildman–Crippen MR) is 115 cm³/mol. The summed E-state index contributed by atoms with van der Waals surface area (Å²) in [6.07, 6.45) is 0. The lowest BCUT2D eigenvalue weighted by Gasteiger charge is -2.19. The van der Waals surface area contributed by atoms with Gasteiger partial charge in [-0.1, -0.05) is 105 Å². The van der Waals surface area contributed by atoms with Crippen LogP contribution in [0.5, 0.6) is 0 Å². The van der Waals surface area contributed by atoms with Crippen LogP contribution in [0, 0.1) is 0 Å². The third kappa shape index (κ3) is 3.54. The van der Waals surface area contributed by atoms with Crippen molar-refractivity contribution < 1.29 is 0 Å². The fourth-order valence-corrected chi connectivity index (χ4v) is 3.41. The fraction of sp³-hybridized carbons (Fsp3) is 0.115. The molecule has 0 N–H and O–H groups in total.